The smallest absolute Gasteiger partial charge is 0.338 e. The molecule has 1 N–H and O–H groups in total. The molecule has 3 aromatic rings. The SMILES string of the molecule is COC(=O)c1cc(Br)cc(OCCNC(C)c2cccc3ccccc23)c1. The largest absolute Gasteiger partial charge is 0.492 e. The third kappa shape index (κ3) is 4.87. The Morgan fingerprint density at radius 1 is 1.11 bits per heavy atom. The summed E-state index contributed by atoms with van der Waals surface area (Å²) in [6, 6.07) is 20.2. The van der Waals surface area contributed by atoms with Gasteiger partial charge in [0.25, 0.3) is 0 Å². The molecular formula is C22H22BrNO3. The molecule has 140 valence electrons. The van der Waals surface area contributed by atoms with Gasteiger partial charge in [-0.15, -0.1) is 0 Å². The van der Waals surface area contributed by atoms with E-state index in [4.69, 9.17) is 9.47 Å². The minimum Gasteiger partial charge on any atom is -0.492 e. The molecule has 0 heterocycles. The predicted octanol–water partition coefficient (Wildman–Crippen LogP) is 5.12. The molecule has 1 atom stereocenters. The van der Waals surface area contributed by atoms with Crippen molar-refractivity contribution in [2.75, 3.05) is 20.3 Å². The molecule has 0 radical (unpaired) electrons. The predicted molar refractivity (Wildman–Crippen MR) is 111 cm³/mol. The van der Waals surface area contributed by atoms with Gasteiger partial charge in [-0.25, -0.2) is 4.79 Å². The van der Waals surface area contributed by atoms with E-state index in [0.717, 1.165) is 4.47 Å². The van der Waals surface area contributed by atoms with Crippen molar-refractivity contribution < 1.29 is 14.3 Å². The van der Waals surface area contributed by atoms with Crippen molar-refractivity contribution in [1.82, 2.24) is 5.32 Å². The molecule has 0 aliphatic rings. The van der Waals surface area contributed by atoms with Crippen molar-refractivity contribution in [2.45, 2.75) is 13.0 Å². The second-order valence-electron chi connectivity index (χ2n) is 6.26. The van der Waals surface area contributed by atoms with Gasteiger partial charge in [0.1, 0.15) is 12.4 Å². The van der Waals surface area contributed by atoms with Gasteiger partial charge in [-0.1, -0.05) is 58.4 Å². The Labute approximate surface area is 167 Å². The molecule has 0 saturated carbocycles. The molecule has 1 unspecified atom stereocenters. The fourth-order valence-corrected chi connectivity index (χ4v) is 3.54. The second kappa shape index (κ2) is 9.02. The lowest BCUT2D eigenvalue weighted by molar-refractivity contribution is 0.0600. The van der Waals surface area contributed by atoms with E-state index in [0.29, 0.717) is 24.5 Å². The standard InChI is InChI=1S/C22H22BrNO3/c1-15(20-9-5-7-16-6-3-4-8-21(16)20)24-10-11-27-19-13-17(22(25)26-2)12-18(23)14-19/h3-9,12-15,24H,10-11H2,1-2H3. The summed E-state index contributed by atoms with van der Waals surface area (Å²) in [6.07, 6.45) is 0. The van der Waals surface area contributed by atoms with E-state index in [1.807, 2.05) is 6.07 Å². The summed E-state index contributed by atoms with van der Waals surface area (Å²) >= 11 is 3.39. The first-order valence-electron chi connectivity index (χ1n) is 8.81. The highest BCUT2D eigenvalue weighted by Gasteiger charge is 2.10. The first kappa shape index (κ1) is 19.4. The number of methoxy groups -OCH3 is 1. The molecule has 5 heteroatoms. The molecule has 3 rings (SSSR count). The van der Waals surface area contributed by atoms with Gasteiger partial charge < -0.3 is 14.8 Å². The molecule has 3 aromatic carbocycles. The van der Waals surface area contributed by atoms with Gasteiger partial charge in [0.05, 0.1) is 12.7 Å². The van der Waals surface area contributed by atoms with Gasteiger partial charge in [-0.3, -0.25) is 0 Å². The molecule has 0 aliphatic carbocycles. The van der Waals surface area contributed by atoms with Gasteiger partial charge in [0.15, 0.2) is 0 Å². The average Bonchev–Trinajstić information content (AvgIpc) is 2.69. The van der Waals surface area contributed by atoms with Crippen LogP contribution in [0.15, 0.2) is 65.1 Å². The first-order valence-corrected chi connectivity index (χ1v) is 9.60. The maximum absolute atomic E-state index is 11.7. The normalized spacial score (nSPS) is 12.0. The van der Waals surface area contributed by atoms with E-state index >= 15 is 0 Å². The molecule has 0 amide bonds. The highest BCUT2D eigenvalue weighted by Crippen LogP contribution is 2.24. The van der Waals surface area contributed by atoms with E-state index in [1.165, 1.54) is 23.4 Å². The summed E-state index contributed by atoms with van der Waals surface area (Å²) in [6.45, 7) is 3.33. The van der Waals surface area contributed by atoms with Crippen LogP contribution in [0.25, 0.3) is 10.8 Å². The summed E-state index contributed by atoms with van der Waals surface area (Å²) in [7, 11) is 1.36. The number of hydrogen-bond donors (Lipinski definition) is 1. The van der Waals surface area contributed by atoms with Gasteiger partial charge in [-0.2, -0.15) is 0 Å². The lowest BCUT2D eigenvalue weighted by Crippen LogP contribution is -2.24. The molecule has 0 fully saturated rings. The van der Waals surface area contributed by atoms with Crippen LogP contribution in [0.5, 0.6) is 5.75 Å². The van der Waals surface area contributed by atoms with Crippen LogP contribution >= 0.6 is 15.9 Å². The zero-order chi connectivity index (χ0) is 19.2. The minimum absolute atomic E-state index is 0.202. The Bertz CT molecular complexity index is 936. The Hall–Kier alpha value is -2.37. The topological polar surface area (TPSA) is 47.6 Å². The van der Waals surface area contributed by atoms with Crippen LogP contribution in [0.1, 0.15) is 28.9 Å². The highest BCUT2D eigenvalue weighted by atomic mass is 79.9. The molecule has 0 aliphatic heterocycles. The molecular weight excluding hydrogens is 406 g/mol. The summed E-state index contributed by atoms with van der Waals surface area (Å²) in [5, 5.41) is 6.00. The Balaban J connectivity index is 1.59. The molecule has 0 bridgehead atoms. The molecule has 0 saturated heterocycles. The quantitative estimate of drug-likeness (QED) is 0.419. The number of nitrogens with one attached hydrogen (secondary N) is 1. The van der Waals surface area contributed by atoms with Crippen LogP contribution in [0.2, 0.25) is 0 Å². The fourth-order valence-electron chi connectivity index (χ4n) is 3.06. The number of ether oxygens (including phenoxy) is 2. The van der Waals surface area contributed by atoms with E-state index < -0.39 is 0 Å². The van der Waals surface area contributed by atoms with Crippen molar-refractivity contribution in [3.8, 4) is 5.75 Å². The van der Waals surface area contributed by atoms with Crippen molar-refractivity contribution in [2.24, 2.45) is 0 Å². The second-order valence-corrected chi connectivity index (χ2v) is 7.18. The Kier molecular flexibility index (Phi) is 6.48. The summed E-state index contributed by atoms with van der Waals surface area (Å²) in [4.78, 5) is 11.7. The number of carbonyl (C=O) groups excluding carboxylic acids is 1. The average molecular weight is 428 g/mol. The zero-order valence-electron chi connectivity index (χ0n) is 15.4. The number of esters is 1. The van der Waals surface area contributed by atoms with Crippen LogP contribution in [-0.2, 0) is 4.74 Å². The van der Waals surface area contributed by atoms with Crippen molar-refractivity contribution in [3.05, 3.63) is 76.3 Å². The minimum atomic E-state index is -0.385. The van der Waals surface area contributed by atoms with E-state index in [9.17, 15) is 4.79 Å². The third-order valence-electron chi connectivity index (χ3n) is 4.40. The van der Waals surface area contributed by atoms with E-state index in [-0.39, 0.29) is 12.0 Å². The molecule has 27 heavy (non-hydrogen) atoms. The Morgan fingerprint density at radius 3 is 2.70 bits per heavy atom. The van der Waals surface area contributed by atoms with E-state index in [1.54, 1.807) is 12.1 Å². The van der Waals surface area contributed by atoms with Crippen molar-refractivity contribution >= 4 is 32.7 Å². The van der Waals surface area contributed by atoms with Crippen molar-refractivity contribution in [3.63, 3.8) is 0 Å². The van der Waals surface area contributed by atoms with Gasteiger partial charge in [0, 0.05) is 17.1 Å². The number of benzene rings is 3. The monoisotopic (exact) mass is 427 g/mol. The van der Waals surface area contributed by atoms with Crippen LogP contribution < -0.4 is 10.1 Å². The summed E-state index contributed by atoms with van der Waals surface area (Å²) in [5.41, 5.74) is 1.72. The van der Waals surface area contributed by atoms with E-state index in [2.05, 4.69) is 70.6 Å². The number of fused-ring (bicyclic) bond motifs is 1. The van der Waals surface area contributed by atoms with Crippen LogP contribution in [0.4, 0.5) is 0 Å². The number of rotatable bonds is 7. The number of halogens is 1. The third-order valence-corrected chi connectivity index (χ3v) is 4.86. The highest BCUT2D eigenvalue weighted by molar-refractivity contribution is 9.10. The van der Waals surface area contributed by atoms with Crippen LogP contribution in [0, 0.1) is 0 Å². The zero-order valence-corrected chi connectivity index (χ0v) is 17.0. The van der Waals surface area contributed by atoms with Gasteiger partial charge in [0.2, 0.25) is 0 Å². The summed E-state index contributed by atoms with van der Waals surface area (Å²) in [5.74, 6) is 0.244. The lowest BCUT2D eigenvalue weighted by atomic mass is 10.00. The first-order chi connectivity index (χ1) is 13.1. The van der Waals surface area contributed by atoms with Gasteiger partial charge >= 0.3 is 5.97 Å². The fraction of sp³-hybridized carbons (Fsp3) is 0.227. The number of carbonyl (C=O) groups is 1. The molecule has 4 nitrogen and oxygen atoms in total. The maximum Gasteiger partial charge on any atom is 0.338 e. The van der Waals surface area contributed by atoms with Gasteiger partial charge in [-0.05, 0) is 41.5 Å². The summed E-state index contributed by atoms with van der Waals surface area (Å²) < 4.78 is 11.3. The number of hydrogen-bond acceptors (Lipinski definition) is 4. The lowest BCUT2D eigenvalue weighted by Gasteiger charge is -2.17. The van der Waals surface area contributed by atoms with Crippen molar-refractivity contribution in [1.29, 1.82) is 0 Å². The molecule has 0 spiro atoms. The van der Waals surface area contributed by atoms with Crippen LogP contribution in [-0.4, -0.2) is 26.2 Å². The maximum atomic E-state index is 11.7. The Morgan fingerprint density at radius 2 is 1.89 bits per heavy atom. The van der Waals surface area contributed by atoms with Crippen LogP contribution in [0.3, 0.4) is 0 Å². The molecule has 0 aromatic heterocycles.